The molecule has 1 fully saturated rings. The van der Waals surface area contributed by atoms with E-state index in [-0.39, 0.29) is 13.0 Å². The Balaban J connectivity index is 1.55. The molecule has 9 heteroatoms. The Bertz CT molecular complexity index is 888. The van der Waals surface area contributed by atoms with Crippen molar-refractivity contribution < 1.29 is 22.7 Å². The highest BCUT2D eigenvalue weighted by Gasteiger charge is 2.37. The standard InChI is InChI=1S/C19H23N3O5S/c1-2-26-19(23)17-12-18(21-20-17)28(24,25)22-15-8-10-16(11-9-15)27-13-14-6-4-3-5-7-14/h3-11,17-18,20-22H,2,12-13H2,1H3. The van der Waals surface area contributed by atoms with E-state index < -0.39 is 27.4 Å². The van der Waals surface area contributed by atoms with Crippen molar-refractivity contribution in [3.63, 3.8) is 0 Å². The summed E-state index contributed by atoms with van der Waals surface area (Å²) in [5.41, 5.74) is 6.75. The summed E-state index contributed by atoms with van der Waals surface area (Å²) < 4.78 is 38.2. The van der Waals surface area contributed by atoms with Gasteiger partial charge in [-0.25, -0.2) is 19.3 Å². The Morgan fingerprint density at radius 1 is 1.11 bits per heavy atom. The van der Waals surface area contributed by atoms with E-state index in [2.05, 4.69) is 15.6 Å². The smallest absolute Gasteiger partial charge is 0.324 e. The number of esters is 1. The summed E-state index contributed by atoms with van der Waals surface area (Å²) in [7, 11) is -3.73. The van der Waals surface area contributed by atoms with Gasteiger partial charge in [-0.1, -0.05) is 30.3 Å². The molecule has 8 nitrogen and oxygen atoms in total. The van der Waals surface area contributed by atoms with Gasteiger partial charge in [0.2, 0.25) is 10.0 Å². The summed E-state index contributed by atoms with van der Waals surface area (Å²) in [5.74, 6) is 0.155. The van der Waals surface area contributed by atoms with Crippen molar-refractivity contribution in [1.29, 1.82) is 0 Å². The lowest BCUT2D eigenvalue weighted by atomic mass is 10.2. The molecule has 2 aromatic carbocycles. The summed E-state index contributed by atoms with van der Waals surface area (Å²) >= 11 is 0. The van der Waals surface area contributed by atoms with Crippen LogP contribution < -0.4 is 20.3 Å². The molecule has 28 heavy (non-hydrogen) atoms. The maximum atomic E-state index is 12.5. The van der Waals surface area contributed by atoms with Gasteiger partial charge in [-0.15, -0.1) is 0 Å². The van der Waals surface area contributed by atoms with Crippen molar-refractivity contribution in [2.24, 2.45) is 0 Å². The molecular formula is C19H23N3O5S. The highest BCUT2D eigenvalue weighted by Crippen LogP contribution is 2.20. The first-order chi connectivity index (χ1) is 13.5. The quantitative estimate of drug-likeness (QED) is 0.575. The third-order valence-electron chi connectivity index (χ3n) is 4.18. The van der Waals surface area contributed by atoms with E-state index in [1.165, 1.54) is 0 Å². The van der Waals surface area contributed by atoms with E-state index in [1.54, 1.807) is 31.2 Å². The van der Waals surface area contributed by atoms with Gasteiger partial charge >= 0.3 is 5.97 Å². The van der Waals surface area contributed by atoms with Gasteiger partial charge in [0.05, 0.1) is 6.61 Å². The number of hydrogen-bond donors (Lipinski definition) is 3. The first-order valence-electron chi connectivity index (χ1n) is 8.94. The van der Waals surface area contributed by atoms with Crippen LogP contribution in [0.1, 0.15) is 18.9 Å². The molecule has 0 aliphatic carbocycles. The van der Waals surface area contributed by atoms with Crippen LogP contribution in [0.2, 0.25) is 0 Å². The zero-order valence-corrected chi connectivity index (χ0v) is 16.2. The maximum absolute atomic E-state index is 12.5. The lowest BCUT2D eigenvalue weighted by molar-refractivity contribution is -0.145. The number of hydrazine groups is 1. The Labute approximate surface area is 164 Å². The van der Waals surface area contributed by atoms with Crippen LogP contribution in [-0.4, -0.2) is 32.4 Å². The molecule has 2 unspecified atom stereocenters. The van der Waals surface area contributed by atoms with Gasteiger partial charge in [0.15, 0.2) is 0 Å². The topological polar surface area (TPSA) is 106 Å². The maximum Gasteiger partial charge on any atom is 0.324 e. The first-order valence-corrected chi connectivity index (χ1v) is 10.5. The molecule has 1 heterocycles. The summed E-state index contributed by atoms with van der Waals surface area (Å²) in [6.45, 7) is 2.37. The van der Waals surface area contributed by atoms with Crippen molar-refractivity contribution in [3.05, 3.63) is 60.2 Å². The molecule has 0 amide bonds. The zero-order chi connectivity index (χ0) is 20.0. The highest BCUT2D eigenvalue weighted by atomic mass is 32.2. The SMILES string of the molecule is CCOC(=O)C1CC(S(=O)(=O)Nc2ccc(OCc3ccccc3)cc2)NN1. The van der Waals surface area contributed by atoms with Gasteiger partial charge in [-0.05, 0) is 36.8 Å². The lowest BCUT2D eigenvalue weighted by Crippen LogP contribution is -2.41. The Kier molecular flexibility index (Phi) is 6.50. The second-order valence-electron chi connectivity index (χ2n) is 6.26. The molecule has 0 bridgehead atoms. The van der Waals surface area contributed by atoms with Crippen LogP contribution in [0.15, 0.2) is 54.6 Å². The Morgan fingerprint density at radius 3 is 2.50 bits per heavy atom. The van der Waals surface area contributed by atoms with Crippen LogP contribution in [0.3, 0.4) is 0 Å². The first kappa shape index (κ1) is 20.1. The second-order valence-corrected chi connectivity index (χ2v) is 8.13. The molecule has 0 spiro atoms. The minimum atomic E-state index is -3.73. The van der Waals surface area contributed by atoms with Crippen molar-refractivity contribution in [3.8, 4) is 5.75 Å². The van der Waals surface area contributed by atoms with E-state index in [0.29, 0.717) is 18.0 Å². The van der Waals surface area contributed by atoms with Gasteiger partial charge < -0.3 is 9.47 Å². The third-order valence-corrected chi connectivity index (χ3v) is 5.76. The van der Waals surface area contributed by atoms with Crippen molar-refractivity contribution in [2.75, 3.05) is 11.3 Å². The summed E-state index contributed by atoms with van der Waals surface area (Å²) in [4.78, 5) is 11.7. The lowest BCUT2D eigenvalue weighted by Gasteiger charge is -2.14. The highest BCUT2D eigenvalue weighted by molar-refractivity contribution is 7.93. The average Bonchev–Trinajstić information content (AvgIpc) is 3.20. The van der Waals surface area contributed by atoms with E-state index in [9.17, 15) is 13.2 Å². The number of anilines is 1. The molecule has 3 rings (SSSR count). The fourth-order valence-corrected chi connectivity index (χ4v) is 4.00. The van der Waals surface area contributed by atoms with E-state index >= 15 is 0 Å². The molecule has 1 aliphatic heterocycles. The number of carbonyl (C=O) groups excluding carboxylic acids is 1. The van der Waals surface area contributed by atoms with E-state index in [0.717, 1.165) is 5.56 Å². The molecular weight excluding hydrogens is 382 g/mol. The average molecular weight is 405 g/mol. The predicted octanol–water partition coefficient (Wildman–Crippen LogP) is 1.76. The van der Waals surface area contributed by atoms with Crippen molar-refractivity contribution in [1.82, 2.24) is 10.9 Å². The van der Waals surface area contributed by atoms with Gasteiger partial charge in [-0.3, -0.25) is 9.52 Å². The fraction of sp³-hybridized carbons (Fsp3) is 0.316. The second kappa shape index (κ2) is 9.05. The van der Waals surface area contributed by atoms with Crippen molar-refractivity contribution in [2.45, 2.75) is 31.4 Å². The van der Waals surface area contributed by atoms with Gasteiger partial charge in [0.25, 0.3) is 0 Å². The van der Waals surface area contributed by atoms with Crippen LogP contribution in [0, 0.1) is 0 Å². The molecule has 3 N–H and O–H groups in total. The summed E-state index contributed by atoms with van der Waals surface area (Å²) in [6, 6.07) is 15.7. The van der Waals surface area contributed by atoms with Gasteiger partial charge in [0.1, 0.15) is 23.8 Å². The fourth-order valence-electron chi connectivity index (χ4n) is 2.72. The number of carbonyl (C=O) groups is 1. The number of rotatable bonds is 8. The Morgan fingerprint density at radius 2 is 1.82 bits per heavy atom. The molecule has 150 valence electrons. The molecule has 0 aromatic heterocycles. The van der Waals surface area contributed by atoms with Gasteiger partial charge in [-0.2, -0.15) is 0 Å². The van der Waals surface area contributed by atoms with Crippen LogP contribution >= 0.6 is 0 Å². The molecule has 0 saturated carbocycles. The molecule has 0 radical (unpaired) electrons. The largest absolute Gasteiger partial charge is 0.489 e. The number of benzene rings is 2. The van der Waals surface area contributed by atoms with Crippen LogP contribution in [0.4, 0.5) is 5.69 Å². The number of hydrogen-bond acceptors (Lipinski definition) is 7. The molecule has 2 atom stereocenters. The zero-order valence-electron chi connectivity index (χ0n) is 15.4. The minimum Gasteiger partial charge on any atom is -0.489 e. The molecule has 1 saturated heterocycles. The number of sulfonamides is 1. The summed E-state index contributed by atoms with van der Waals surface area (Å²) in [5, 5.41) is -0.948. The van der Waals surface area contributed by atoms with E-state index in [1.807, 2.05) is 30.3 Å². The molecule has 1 aliphatic rings. The summed E-state index contributed by atoms with van der Waals surface area (Å²) in [6.07, 6.45) is 0.0758. The predicted molar refractivity (Wildman–Crippen MR) is 105 cm³/mol. The monoisotopic (exact) mass is 405 g/mol. The Hall–Kier alpha value is -2.62. The number of nitrogens with one attached hydrogen (secondary N) is 3. The van der Waals surface area contributed by atoms with Crippen LogP contribution in [-0.2, 0) is 26.2 Å². The van der Waals surface area contributed by atoms with Crippen LogP contribution in [0.25, 0.3) is 0 Å². The minimum absolute atomic E-state index is 0.0758. The third kappa shape index (κ3) is 5.22. The normalized spacial score (nSPS) is 19.2. The number of ether oxygens (including phenoxy) is 2. The van der Waals surface area contributed by atoms with Crippen molar-refractivity contribution >= 4 is 21.7 Å². The molecule has 2 aromatic rings. The van der Waals surface area contributed by atoms with Gasteiger partial charge in [0, 0.05) is 12.1 Å². The van der Waals surface area contributed by atoms with E-state index in [4.69, 9.17) is 9.47 Å². The van der Waals surface area contributed by atoms with Crippen LogP contribution in [0.5, 0.6) is 5.75 Å².